The standard InChI is InChI=1S/C17H17N5O3S/c1-11(17(24)25)21-13(23)7-22-10-20-14-15(22)18-9-19-16(14)26-8-12-5-3-2-4-6-12/h2-6,9-11H,7-8H2,1H3,(H,21,23)(H,24,25)/t11-/m0/s1. The lowest BCUT2D eigenvalue weighted by Crippen LogP contribution is -2.40. The average molecular weight is 371 g/mol. The molecule has 134 valence electrons. The second kappa shape index (κ2) is 7.96. The molecule has 0 aliphatic carbocycles. The van der Waals surface area contributed by atoms with E-state index in [1.54, 1.807) is 16.3 Å². The maximum absolute atomic E-state index is 12.0. The first kappa shape index (κ1) is 17.9. The molecule has 0 aliphatic heterocycles. The monoisotopic (exact) mass is 371 g/mol. The summed E-state index contributed by atoms with van der Waals surface area (Å²) in [6.45, 7) is 1.35. The lowest BCUT2D eigenvalue weighted by Gasteiger charge is -2.09. The minimum atomic E-state index is -1.09. The van der Waals surface area contributed by atoms with Crippen molar-refractivity contribution in [2.45, 2.75) is 30.3 Å². The van der Waals surface area contributed by atoms with Gasteiger partial charge in [0.25, 0.3) is 0 Å². The van der Waals surface area contributed by atoms with Crippen molar-refractivity contribution in [3.05, 3.63) is 48.5 Å². The highest BCUT2D eigenvalue weighted by atomic mass is 32.2. The molecular formula is C17H17N5O3S. The number of thioether (sulfide) groups is 1. The van der Waals surface area contributed by atoms with Crippen LogP contribution >= 0.6 is 11.8 Å². The van der Waals surface area contributed by atoms with Gasteiger partial charge in [0.1, 0.15) is 29.5 Å². The van der Waals surface area contributed by atoms with Crippen molar-refractivity contribution in [3.63, 3.8) is 0 Å². The lowest BCUT2D eigenvalue weighted by molar-refractivity contribution is -0.141. The third-order valence-corrected chi connectivity index (χ3v) is 4.70. The number of carboxylic acid groups (broad SMARTS) is 1. The van der Waals surface area contributed by atoms with Crippen LogP contribution in [0.5, 0.6) is 0 Å². The van der Waals surface area contributed by atoms with Crippen LogP contribution in [0.1, 0.15) is 12.5 Å². The van der Waals surface area contributed by atoms with Gasteiger partial charge in [-0.05, 0) is 12.5 Å². The van der Waals surface area contributed by atoms with Gasteiger partial charge in [-0.3, -0.25) is 9.59 Å². The quantitative estimate of drug-likeness (QED) is 0.480. The molecule has 1 aromatic carbocycles. The minimum Gasteiger partial charge on any atom is -0.480 e. The zero-order valence-electron chi connectivity index (χ0n) is 14.0. The Balaban J connectivity index is 1.74. The number of nitrogens with zero attached hydrogens (tertiary/aromatic N) is 4. The number of rotatable bonds is 7. The normalized spacial score (nSPS) is 12.0. The average Bonchev–Trinajstić information content (AvgIpc) is 3.04. The number of hydrogen-bond donors (Lipinski definition) is 2. The molecule has 2 N–H and O–H groups in total. The number of carboxylic acids is 1. The molecule has 1 amide bonds. The molecule has 0 unspecified atom stereocenters. The summed E-state index contributed by atoms with van der Waals surface area (Å²) in [5.41, 5.74) is 2.33. The van der Waals surface area contributed by atoms with Gasteiger partial charge < -0.3 is 15.0 Å². The van der Waals surface area contributed by atoms with Gasteiger partial charge in [0.05, 0.1) is 6.33 Å². The van der Waals surface area contributed by atoms with Crippen molar-refractivity contribution < 1.29 is 14.7 Å². The van der Waals surface area contributed by atoms with E-state index in [1.165, 1.54) is 25.1 Å². The second-order valence-electron chi connectivity index (χ2n) is 5.63. The number of fused-ring (bicyclic) bond motifs is 1. The molecule has 1 atom stereocenters. The van der Waals surface area contributed by atoms with Crippen LogP contribution in [-0.2, 0) is 21.9 Å². The summed E-state index contributed by atoms with van der Waals surface area (Å²) in [5.74, 6) is -0.761. The Kier molecular flexibility index (Phi) is 5.47. The number of aromatic nitrogens is 4. The number of hydrogen-bond acceptors (Lipinski definition) is 6. The van der Waals surface area contributed by atoms with Crippen LogP contribution in [0.4, 0.5) is 0 Å². The lowest BCUT2D eigenvalue weighted by atomic mass is 10.2. The van der Waals surface area contributed by atoms with Gasteiger partial charge in [0, 0.05) is 5.75 Å². The molecule has 0 aliphatic rings. The predicted octanol–water partition coefficient (Wildman–Crippen LogP) is 1.71. The second-order valence-corrected chi connectivity index (χ2v) is 6.59. The minimum absolute atomic E-state index is 0.0616. The van der Waals surface area contributed by atoms with E-state index >= 15 is 0 Å². The number of aliphatic carboxylic acids is 1. The third kappa shape index (κ3) is 4.17. The molecule has 2 heterocycles. The fourth-order valence-corrected chi connectivity index (χ4v) is 3.21. The number of amides is 1. The first-order chi connectivity index (χ1) is 12.5. The van der Waals surface area contributed by atoms with E-state index in [4.69, 9.17) is 5.11 Å². The molecule has 0 fully saturated rings. The summed E-state index contributed by atoms with van der Waals surface area (Å²) in [5, 5.41) is 12.0. The third-order valence-electron chi connectivity index (χ3n) is 3.65. The molecule has 0 bridgehead atoms. The summed E-state index contributed by atoms with van der Waals surface area (Å²) in [4.78, 5) is 35.6. The zero-order valence-corrected chi connectivity index (χ0v) is 14.8. The van der Waals surface area contributed by atoms with Gasteiger partial charge in [-0.15, -0.1) is 0 Å². The Labute approximate surface area is 153 Å². The molecule has 2 aromatic heterocycles. The maximum atomic E-state index is 12.0. The van der Waals surface area contributed by atoms with Gasteiger partial charge in [0.2, 0.25) is 5.91 Å². The SMILES string of the molecule is C[C@H](NC(=O)Cn1cnc2c(SCc3ccccc3)ncnc21)C(=O)O. The maximum Gasteiger partial charge on any atom is 0.325 e. The molecular weight excluding hydrogens is 354 g/mol. The highest BCUT2D eigenvalue weighted by Crippen LogP contribution is 2.26. The number of nitrogens with one attached hydrogen (secondary N) is 1. The Morgan fingerprint density at radius 1 is 1.23 bits per heavy atom. The molecule has 0 spiro atoms. The van der Waals surface area contributed by atoms with Crippen LogP contribution in [0, 0.1) is 0 Å². The number of carbonyl (C=O) groups is 2. The molecule has 9 heteroatoms. The molecule has 3 rings (SSSR count). The molecule has 0 saturated heterocycles. The Hall–Kier alpha value is -2.94. The Morgan fingerprint density at radius 2 is 2.00 bits per heavy atom. The summed E-state index contributed by atoms with van der Waals surface area (Å²) in [6, 6.07) is 9.06. The van der Waals surface area contributed by atoms with E-state index in [-0.39, 0.29) is 6.54 Å². The van der Waals surface area contributed by atoms with Gasteiger partial charge >= 0.3 is 5.97 Å². The first-order valence-corrected chi connectivity index (χ1v) is 8.88. The number of carbonyl (C=O) groups excluding carboxylic acids is 1. The van der Waals surface area contributed by atoms with Crippen molar-refractivity contribution in [1.82, 2.24) is 24.8 Å². The van der Waals surface area contributed by atoms with Gasteiger partial charge in [0.15, 0.2) is 5.65 Å². The van der Waals surface area contributed by atoms with Crippen molar-refractivity contribution in [3.8, 4) is 0 Å². The number of benzene rings is 1. The number of imidazole rings is 1. The van der Waals surface area contributed by atoms with Crippen molar-refractivity contribution in [2.24, 2.45) is 0 Å². The Morgan fingerprint density at radius 3 is 2.73 bits per heavy atom. The molecule has 0 radical (unpaired) electrons. The van der Waals surface area contributed by atoms with E-state index in [1.807, 2.05) is 30.3 Å². The van der Waals surface area contributed by atoms with Crippen molar-refractivity contribution in [1.29, 1.82) is 0 Å². The van der Waals surface area contributed by atoms with E-state index in [0.717, 1.165) is 10.8 Å². The highest BCUT2D eigenvalue weighted by Gasteiger charge is 2.16. The Bertz CT molecular complexity index is 929. The van der Waals surface area contributed by atoms with Crippen LogP contribution < -0.4 is 5.32 Å². The summed E-state index contributed by atoms with van der Waals surface area (Å²) in [7, 11) is 0. The zero-order chi connectivity index (χ0) is 18.5. The first-order valence-electron chi connectivity index (χ1n) is 7.89. The highest BCUT2D eigenvalue weighted by molar-refractivity contribution is 7.98. The van der Waals surface area contributed by atoms with Crippen molar-refractivity contribution in [2.75, 3.05) is 0 Å². The van der Waals surface area contributed by atoms with Crippen LogP contribution in [0.15, 0.2) is 48.0 Å². The fraction of sp³-hybridized carbons (Fsp3) is 0.235. The molecule has 0 saturated carbocycles. The van der Waals surface area contributed by atoms with E-state index in [2.05, 4.69) is 20.3 Å². The van der Waals surface area contributed by atoms with E-state index < -0.39 is 17.9 Å². The van der Waals surface area contributed by atoms with Crippen LogP contribution in [0.25, 0.3) is 11.2 Å². The predicted molar refractivity (Wildman–Crippen MR) is 96.6 cm³/mol. The van der Waals surface area contributed by atoms with Crippen LogP contribution in [0.2, 0.25) is 0 Å². The molecule has 8 nitrogen and oxygen atoms in total. The molecule has 26 heavy (non-hydrogen) atoms. The summed E-state index contributed by atoms with van der Waals surface area (Å²) >= 11 is 1.54. The summed E-state index contributed by atoms with van der Waals surface area (Å²) in [6.07, 6.45) is 2.95. The van der Waals surface area contributed by atoms with E-state index in [0.29, 0.717) is 11.2 Å². The molecule has 3 aromatic rings. The van der Waals surface area contributed by atoms with Crippen LogP contribution in [0.3, 0.4) is 0 Å². The van der Waals surface area contributed by atoms with E-state index in [9.17, 15) is 9.59 Å². The van der Waals surface area contributed by atoms with Gasteiger partial charge in [-0.25, -0.2) is 15.0 Å². The largest absolute Gasteiger partial charge is 0.480 e. The summed E-state index contributed by atoms with van der Waals surface area (Å²) < 4.78 is 1.58. The van der Waals surface area contributed by atoms with Crippen molar-refractivity contribution >= 4 is 34.8 Å². The fourth-order valence-electron chi connectivity index (χ4n) is 2.31. The van der Waals surface area contributed by atoms with Gasteiger partial charge in [-0.1, -0.05) is 42.1 Å². The smallest absolute Gasteiger partial charge is 0.325 e. The van der Waals surface area contributed by atoms with Gasteiger partial charge in [-0.2, -0.15) is 0 Å². The van der Waals surface area contributed by atoms with Crippen LogP contribution in [-0.4, -0.2) is 42.5 Å². The topological polar surface area (TPSA) is 110 Å².